The second-order valence-corrected chi connectivity index (χ2v) is 29.5. The largest absolute Gasteiger partial charge is 0.458 e. The van der Waals surface area contributed by atoms with Crippen LogP contribution in [0.1, 0.15) is 116 Å². The zero-order valence-electron chi connectivity index (χ0n) is 61.4. The highest BCUT2D eigenvalue weighted by Crippen LogP contribution is 2.69. The molecule has 2 bridgehead atoms. The van der Waals surface area contributed by atoms with Crippen molar-refractivity contribution in [1.29, 1.82) is 0 Å². The van der Waals surface area contributed by atoms with Crippen molar-refractivity contribution in [3.63, 3.8) is 0 Å². The molecule has 0 unspecified atom stereocenters. The molecule has 113 heavy (non-hydrogen) atoms. The minimum Gasteiger partial charge on any atom is -0.458 e. The summed E-state index contributed by atoms with van der Waals surface area (Å²) in [6.07, 6.45) is -9.69. The smallest absolute Gasteiger partial charge is 0.343 e. The van der Waals surface area contributed by atoms with Gasteiger partial charge in [-0.3, -0.25) is 72.0 Å². The van der Waals surface area contributed by atoms with Crippen LogP contribution in [0.3, 0.4) is 0 Å². The number of hydrogen-bond donors (Lipinski definition) is 16. The van der Waals surface area contributed by atoms with E-state index in [1.165, 1.54) is 10.6 Å². The van der Waals surface area contributed by atoms with Crippen LogP contribution in [0.5, 0.6) is 0 Å². The molecule has 0 radical (unpaired) electrons. The number of hydrogen-bond acceptors (Lipinski definition) is 25. The summed E-state index contributed by atoms with van der Waals surface area (Å²) < 4.78 is 39.6. The Bertz CT molecular complexity index is 4620. The first-order valence-electron chi connectivity index (χ1n) is 36.9. The number of imide groups is 1. The van der Waals surface area contributed by atoms with Gasteiger partial charge in [-0.2, -0.15) is 0 Å². The molecule has 3 saturated carbocycles. The lowest BCUT2D eigenvalue weighted by Crippen LogP contribution is -2.73. The van der Waals surface area contributed by atoms with Gasteiger partial charge in [0.1, 0.15) is 74.4 Å². The number of fused-ring (bicyclic) bond motifs is 5. The Morgan fingerprint density at radius 2 is 1.30 bits per heavy atom. The van der Waals surface area contributed by atoms with Crippen molar-refractivity contribution in [2.45, 2.75) is 182 Å². The maximum Gasteiger partial charge on any atom is 0.343 e. The van der Waals surface area contributed by atoms with Crippen molar-refractivity contribution in [2.24, 2.45) is 11.1 Å². The number of ether oxygens (including phenoxy) is 4. The second kappa shape index (κ2) is 33.7. The number of amides is 13. The number of aryl methyl sites for hydroxylation is 1. The van der Waals surface area contributed by atoms with E-state index in [-0.39, 0.29) is 62.8 Å². The maximum absolute atomic E-state index is 15.6. The number of nitrogens with zero attached hydrogens (tertiary/aromatic N) is 3. The monoisotopic (exact) mass is 1570 g/mol. The number of rotatable bonds is 34. The molecule has 5 fully saturated rings. The standard InChI is InChI=1S/C74H87FN14O24/c1-3-74(109)39-18-45-62-37(27-88(45)69(106)38(39)29-110-71(74)108)61-41(10-9-36-34(2)40(75)19-43(86-62)60(36)61)87-70(107)72-30-73(31-72,32-72)111-33-83-55(95)25-82-68(105)44(17-35-7-5-4-6-8-35)85-56(96)26-80-54(94)24-81-67(104)42(84-52(92)15-16-77-57(97)28-89-58(98)13-14-59(89)99)11-12-51(91)78-22-48-66(103)64(101)47(113-48)21-53(93)79-23-49-65(102)63(100)46(112-49)20-50(76)90/h4-8,13-14,18-19,41-42,44,46-49,63-66,100-103,109H,3,9-12,15-17,20-33H2,1-2H3,(H2,76,90)(H,77,97)(H,78,91)(H,79,93)(H,80,94)(H,81,104)(H,82,105)(H,83,95)(H,84,92)(H,85,96)(H,87,107)/t41-,42-,44-,46-,47-,48+,49+,63-,64-,65+,66+,72?,73?,74-/m0/s1. The molecule has 4 aliphatic carbocycles. The van der Waals surface area contributed by atoms with E-state index < -0.39 is 237 Å². The fourth-order valence-corrected chi connectivity index (χ4v) is 15.8. The lowest BCUT2D eigenvalue weighted by Gasteiger charge is -2.68. The number of primary amides is 1. The van der Waals surface area contributed by atoms with Crippen LogP contribution < -0.4 is 64.5 Å². The summed E-state index contributed by atoms with van der Waals surface area (Å²) in [7, 11) is 0. The van der Waals surface area contributed by atoms with Gasteiger partial charge >= 0.3 is 5.97 Å². The summed E-state index contributed by atoms with van der Waals surface area (Å²) in [6.45, 7) is -1.14. The number of esters is 1. The Labute approximate surface area is 641 Å². The van der Waals surface area contributed by atoms with Crippen LogP contribution in [0.25, 0.3) is 22.3 Å². The van der Waals surface area contributed by atoms with Gasteiger partial charge < -0.3 is 108 Å². The van der Waals surface area contributed by atoms with Gasteiger partial charge in [-0.15, -0.1) is 0 Å². The third-order valence-corrected chi connectivity index (χ3v) is 21.9. The molecule has 5 aliphatic heterocycles. The molecule has 604 valence electrons. The summed E-state index contributed by atoms with van der Waals surface area (Å²) in [4.78, 5) is 201. The number of carbonyl (C=O) groups is 14. The van der Waals surface area contributed by atoms with Gasteiger partial charge in [0, 0.05) is 73.6 Å². The van der Waals surface area contributed by atoms with Crippen LogP contribution in [0.2, 0.25) is 0 Å². The molecule has 12 atom stereocenters. The van der Waals surface area contributed by atoms with Gasteiger partial charge in [0.15, 0.2) is 5.60 Å². The van der Waals surface area contributed by atoms with Gasteiger partial charge in [0.05, 0.1) is 90.8 Å². The van der Waals surface area contributed by atoms with Crippen molar-refractivity contribution in [3.05, 3.63) is 110 Å². The third kappa shape index (κ3) is 17.4. The van der Waals surface area contributed by atoms with Gasteiger partial charge in [-0.1, -0.05) is 37.3 Å². The molecular formula is C74H87FN14O24. The van der Waals surface area contributed by atoms with Crippen molar-refractivity contribution < 1.29 is 116 Å². The van der Waals surface area contributed by atoms with Crippen molar-refractivity contribution in [1.82, 2.24) is 67.6 Å². The molecule has 13 amide bonds. The molecule has 17 N–H and O–H groups in total. The predicted molar refractivity (Wildman–Crippen MR) is 383 cm³/mol. The van der Waals surface area contributed by atoms with E-state index in [9.17, 15) is 97.5 Å². The van der Waals surface area contributed by atoms with E-state index in [1.54, 1.807) is 50.2 Å². The number of aliphatic hydroxyl groups excluding tert-OH is 4. The van der Waals surface area contributed by atoms with Crippen LogP contribution in [-0.2, 0) is 118 Å². The molecule has 4 aromatic rings. The first kappa shape index (κ1) is 81.4. The Morgan fingerprint density at radius 1 is 0.690 bits per heavy atom. The molecule has 7 heterocycles. The average Bonchev–Trinajstić information content (AvgIpc) is 1.08. The van der Waals surface area contributed by atoms with E-state index in [4.69, 9.17) is 29.7 Å². The number of nitrogens with one attached hydrogen (secondary N) is 10. The second-order valence-electron chi connectivity index (χ2n) is 29.5. The van der Waals surface area contributed by atoms with E-state index in [1.807, 2.05) is 0 Å². The number of halogens is 1. The zero-order chi connectivity index (χ0) is 81.1. The first-order valence-corrected chi connectivity index (χ1v) is 36.9. The highest BCUT2D eigenvalue weighted by atomic mass is 19.1. The molecule has 38 nitrogen and oxygen atoms in total. The Hall–Kier alpha value is -11.1. The van der Waals surface area contributed by atoms with Gasteiger partial charge in [-0.05, 0) is 80.2 Å². The quantitative estimate of drug-likeness (QED) is 0.0104. The van der Waals surface area contributed by atoms with Crippen molar-refractivity contribution in [3.8, 4) is 11.4 Å². The number of pyridine rings is 2. The fourth-order valence-electron chi connectivity index (χ4n) is 15.8. The molecule has 0 spiro atoms. The molecule has 2 aromatic carbocycles. The van der Waals surface area contributed by atoms with E-state index >= 15 is 4.39 Å². The van der Waals surface area contributed by atoms with Gasteiger partial charge in [0.25, 0.3) is 17.4 Å². The van der Waals surface area contributed by atoms with Crippen LogP contribution in [0, 0.1) is 18.2 Å². The highest BCUT2D eigenvalue weighted by Gasteiger charge is 2.73. The SMILES string of the molecule is CC[C@@]1(O)C(=O)OCc2c1cc1n(c2=O)Cc2c-1nc1cc(F)c(C)c3c1c2[C@@H](NC(=O)C12CC(OCNC(=O)CNC(=O)[C@H](Cc4ccccc4)NC(=O)CNC(=O)CNC(=O)[C@H](CCC(=O)NC[C@H]4O[C@@H](CC(=O)NC[C@H]5O[C@@H](CC(N)=O)[C@H](O)[C@@H]5O)[C@H](O)[C@@H]4O)NC(=O)CCNC(=O)CN4C(=O)C=CC4=O)(C1)C2)CC3. The minimum absolute atomic E-state index is 0.0584. The Kier molecular flexibility index (Phi) is 24.3. The summed E-state index contributed by atoms with van der Waals surface area (Å²) in [5, 5.41) is 79.4. The number of nitrogens with two attached hydrogens (primary N) is 1. The normalized spacial score (nSPS) is 25.7. The number of aliphatic hydroxyl groups is 5. The lowest BCUT2D eigenvalue weighted by molar-refractivity contribution is -0.276. The fraction of sp³-hybridized carbons (Fsp3) is 0.514. The number of aromatic nitrogens is 2. The topological polar surface area (TPSA) is 562 Å². The number of carbonyl (C=O) groups excluding carboxylic acids is 14. The molecular weight excluding hydrogens is 1490 g/mol. The van der Waals surface area contributed by atoms with Gasteiger partial charge in [-0.25, -0.2) is 14.2 Å². The summed E-state index contributed by atoms with van der Waals surface area (Å²) in [6, 6.07) is 7.97. The van der Waals surface area contributed by atoms with Crippen molar-refractivity contribution >= 4 is 93.7 Å². The number of cyclic esters (lactones) is 1. The van der Waals surface area contributed by atoms with Gasteiger partial charge in [0.2, 0.25) is 65.0 Å². The predicted octanol–water partition coefficient (Wildman–Crippen LogP) is -6.11. The summed E-state index contributed by atoms with van der Waals surface area (Å²) in [5.74, 6) is -11.3. The molecule has 39 heteroatoms. The average molecular weight is 1580 g/mol. The zero-order valence-corrected chi connectivity index (χ0v) is 61.4. The molecule has 2 aromatic heterocycles. The van der Waals surface area contributed by atoms with Crippen LogP contribution in [0.15, 0.2) is 59.4 Å². The van der Waals surface area contributed by atoms with E-state index in [2.05, 4.69) is 53.2 Å². The van der Waals surface area contributed by atoms with Crippen LogP contribution in [0.4, 0.5) is 4.39 Å². The molecule has 9 aliphatic rings. The third-order valence-electron chi connectivity index (χ3n) is 21.9. The lowest BCUT2D eigenvalue weighted by atomic mass is 9.40. The van der Waals surface area contributed by atoms with Crippen LogP contribution in [-0.4, -0.2) is 242 Å². The maximum atomic E-state index is 15.6. The Balaban J connectivity index is 0.590. The minimum atomic E-state index is -2.07. The first-order chi connectivity index (χ1) is 53.8. The van der Waals surface area contributed by atoms with E-state index in [0.717, 1.165) is 17.7 Å². The van der Waals surface area contributed by atoms with E-state index in [0.29, 0.717) is 81.5 Å². The summed E-state index contributed by atoms with van der Waals surface area (Å²) >= 11 is 0. The summed E-state index contributed by atoms with van der Waals surface area (Å²) in [5.41, 5.74) is 5.51. The van der Waals surface area contributed by atoms with Crippen LogP contribution >= 0.6 is 0 Å². The van der Waals surface area contributed by atoms with Crippen molar-refractivity contribution in [2.75, 3.05) is 52.5 Å². The Morgan fingerprint density at radius 3 is 1.96 bits per heavy atom. The molecule has 2 saturated heterocycles. The highest BCUT2D eigenvalue weighted by molar-refractivity contribution is 6.14. The number of benzene rings is 2. The molecule has 13 rings (SSSR count).